The molecule has 0 saturated heterocycles. The molecule has 1 aromatic rings. The van der Waals surface area contributed by atoms with E-state index in [4.69, 9.17) is 4.74 Å². The lowest BCUT2D eigenvalue weighted by Crippen LogP contribution is -2.07. The van der Waals surface area contributed by atoms with Gasteiger partial charge in [-0.25, -0.2) is 0 Å². The van der Waals surface area contributed by atoms with E-state index in [0.29, 0.717) is 25.2 Å². The van der Waals surface area contributed by atoms with E-state index in [9.17, 15) is 9.90 Å². The maximum absolute atomic E-state index is 12.0. The molecule has 0 aliphatic heterocycles. The summed E-state index contributed by atoms with van der Waals surface area (Å²) in [5.41, 5.74) is 2.09. The van der Waals surface area contributed by atoms with Crippen LogP contribution in [0.1, 0.15) is 147 Å². The van der Waals surface area contributed by atoms with Gasteiger partial charge in [0.15, 0.2) is 0 Å². The molecule has 0 heterocycles. The predicted octanol–water partition coefficient (Wildman–Crippen LogP) is 9.47. The Morgan fingerprint density at radius 1 is 0.676 bits per heavy atom. The molecule has 0 saturated carbocycles. The smallest absolute Gasteiger partial charge is 0.306 e. The van der Waals surface area contributed by atoms with Crippen LogP contribution in [0.4, 0.5) is 0 Å². The highest BCUT2D eigenvalue weighted by Gasteiger charge is 2.07. The van der Waals surface area contributed by atoms with Gasteiger partial charge < -0.3 is 9.84 Å². The molecule has 3 nitrogen and oxygen atoms in total. The molecule has 34 heavy (non-hydrogen) atoms. The molecule has 0 aromatic heterocycles. The molecule has 0 atom stereocenters. The highest BCUT2D eigenvalue weighted by atomic mass is 16.5. The summed E-state index contributed by atoms with van der Waals surface area (Å²) in [5.74, 6) is 0.257. The third-order valence-electron chi connectivity index (χ3n) is 6.82. The van der Waals surface area contributed by atoms with Crippen LogP contribution in [0, 0.1) is 0 Å². The summed E-state index contributed by atoms with van der Waals surface area (Å²) in [4.78, 5) is 12.0. The van der Waals surface area contributed by atoms with E-state index in [1.54, 1.807) is 6.07 Å². The third kappa shape index (κ3) is 17.0. The molecule has 1 rings (SSSR count). The highest BCUT2D eigenvalue weighted by Crippen LogP contribution is 2.21. The summed E-state index contributed by atoms with van der Waals surface area (Å²) >= 11 is 0. The van der Waals surface area contributed by atoms with Crippen LogP contribution in [0.25, 0.3) is 0 Å². The monoisotopic (exact) mass is 474 g/mol. The minimum Gasteiger partial charge on any atom is -0.508 e. The number of hydrogen-bond acceptors (Lipinski definition) is 3. The molecule has 0 fully saturated rings. The molecular weight excluding hydrogens is 420 g/mol. The number of unbranched alkanes of at least 4 members (excludes halogenated alkanes) is 16. The fourth-order valence-corrected chi connectivity index (χ4v) is 4.52. The Hall–Kier alpha value is -1.51. The molecule has 0 aliphatic carbocycles. The topological polar surface area (TPSA) is 46.5 Å². The number of hydrogen-bond donors (Lipinski definition) is 1. The van der Waals surface area contributed by atoms with Gasteiger partial charge in [-0.3, -0.25) is 4.79 Å². The molecule has 1 N–H and O–H groups in total. The maximum Gasteiger partial charge on any atom is 0.306 e. The summed E-state index contributed by atoms with van der Waals surface area (Å²) in [7, 11) is 0. The predicted molar refractivity (Wildman–Crippen MR) is 146 cm³/mol. The lowest BCUT2D eigenvalue weighted by atomic mass is 10.0. The van der Waals surface area contributed by atoms with E-state index in [0.717, 1.165) is 43.2 Å². The van der Waals surface area contributed by atoms with E-state index >= 15 is 0 Å². The van der Waals surface area contributed by atoms with Gasteiger partial charge in [-0.2, -0.15) is 0 Å². The molecule has 0 radical (unpaired) electrons. The number of phenolic OH excluding ortho intramolecular Hbond substituents is 1. The van der Waals surface area contributed by atoms with Gasteiger partial charge in [0.1, 0.15) is 5.75 Å². The number of carbonyl (C=O) groups excluding carboxylic acids is 1. The zero-order valence-corrected chi connectivity index (χ0v) is 22.6. The Kier molecular flexibility index (Phi) is 19.7. The number of benzene rings is 1. The second kappa shape index (κ2) is 22.0. The molecule has 0 bridgehead atoms. The fourth-order valence-electron chi connectivity index (χ4n) is 4.52. The van der Waals surface area contributed by atoms with Crippen molar-refractivity contribution in [3.63, 3.8) is 0 Å². The minimum atomic E-state index is -0.107. The SMILES string of the molecule is CCCCCCCCCCCCCCCCCCOC(=O)CCc1ccc(O)c(CCCC)c1. The van der Waals surface area contributed by atoms with Gasteiger partial charge in [0.2, 0.25) is 0 Å². The van der Waals surface area contributed by atoms with Crippen molar-refractivity contribution in [3.05, 3.63) is 29.3 Å². The van der Waals surface area contributed by atoms with Crippen molar-refractivity contribution in [2.45, 2.75) is 149 Å². The Morgan fingerprint density at radius 2 is 1.18 bits per heavy atom. The quantitative estimate of drug-likeness (QED) is 0.127. The van der Waals surface area contributed by atoms with Gasteiger partial charge in [0, 0.05) is 6.42 Å². The van der Waals surface area contributed by atoms with E-state index in [1.807, 2.05) is 12.1 Å². The van der Waals surface area contributed by atoms with E-state index in [-0.39, 0.29) is 5.97 Å². The summed E-state index contributed by atoms with van der Waals surface area (Å²) in [6, 6.07) is 5.70. The molecule has 196 valence electrons. The number of carbonyl (C=O) groups is 1. The van der Waals surface area contributed by atoms with Crippen molar-refractivity contribution in [1.29, 1.82) is 0 Å². The highest BCUT2D eigenvalue weighted by molar-refractivity contribution is 5.69. The van der Waals surface area contributed by atoms with Crippen LogP contribution < -0.4 is 0 Å². The van der Waals surface area contributed by atoms with E-state index < -0.39 is 0 Å². The van der Waals surface area contributed by atoms with Crippen LogP contribution in [0.15, 0.2) is 18.2 Å². The molecule has 0 spiro atoms. The van der Waals surface area contributed by atoms with E-state index in [2.05, 4.69) is 13.8 Å². The van der Waals surface area contributed by atoms with Gasteiger partial charge in [0.05, 0.1) is 6.61 Å². The Labute approximate surface area is 211 Å². The van der Waals surface area contributed by atoms with Gasteiger partial charge >= 0.3 is 5.97 Å². The minimum absolute atomic E-state index is 0.107. The number of ether oxygens (including phenoxy) is 1. The van der Waals surface area contributed by atoms with Crippen LogP contribution in [0.3, 0.4) is 0 Å². The van der Waals surface area contributed by atoms with Gasteiger partial charge in [-0.15, -0.1) is 0 Å². The molecule has 3 heteroatoms. The van der Waals surface area contributed by atoms with Crippen molar-refractivity contribution in [1.82, 2.24) is 0 Å². The number of phenols is 1. The van der Waals surface area contributed by atoms with E-state index in [1.165, 1.54) is 89.9 Å². The van der Waals surface area contributed by atoms with Gasteiger partial charge in [-0.1, -0.05) is 129 Å². The standard InChI is InChI=1S/C31H54O3/c1-3-5-7-8-9-10-11-12-13-14-15-16-17-18-19-20-26-34-31(33)25-23-28-22-24-30(32)29(27-28)21-6-4-2/h22,24,27,32H,3-21,23,25-26H2,1-2H3. The Bertz CT molecular complexity index is 611. The molecule has 0 unspecified atom stereocenters. The van der Waals surface area contributed by atoms with Crippen LogP contribution in [-0.4, -0.2) is 17.7 Å². The number of rotatable bonds is 23. The van der Waals surface area contributed by atoms with Crippen molar-refractivity contribution >= 4 is 5.97 Å². The molecule has 0 aliphatic rings. The van der Waals surface area contributed by atoms with Crippen molar-refractivity contribution in [2.24, 2.45) is 0 Å². The Morgan fingerprint density at radius 3 is 1.71 bits per heavy atom. The second-order valence-electron chi connectivity index (χ2n) is 10.1. The lowest BCUT2D eigenvalue weighted by molar-refractivity contribution is -0.143. The zero-order chi connectivity index (χ0) is 24.7. The first-order valence-corrected chi connectivity index (χ1v) is 14.6. The fraction of sp³-hybridized carbons (Fsp3) is 0.774. The summed E-state index contributed by atoms with van der Waals surface area (Å²) in [5, 5.41) is 9.96. The zero-order valence-electron chi connectivity index (χ0n) is 22.6. The largest absolute Gasteiger partial charge is 0.508 e. The van der Waals surface area contributed by atoms with Crippen LogP contribution >= 0.6 is 0 Å². The molecular formula is C31H54O3. The number of aryl methyl sites for hydroxylation is 2. The second-order valence-corrected chi connectivity index (χ2v) is 10.1. The first-order chi connectivity index (χ1) is 16.7. The Balaban J connectivity index is 1.89. The van der Waals surface area contributed by atoms with Crippen LogP contribution in [-0.2, 0) is 22.4 Å². The summed E-state index contributed by atoms with van der Waals surface area (Å²) < 4.78 is 5.41. The van der Waals surface area contributed by atoms with Gasteiger partial charge in [0.25, 0.3) is 0 Å². The summed E-state index contributed by atoms with van der Waals surface area (Å²) in [6.45, 7) is 4.98. The first-order valence-electron chi connectivity index (χ1n) is 14.6. The van der Waals surface area contributed by atoms with Crippen molar-refractivity contribution in [2.75, 3.05) is 6.61 Å². The average molecular weight is 475 g/mol. The number of esters is 1. The third-order valence-corrected chi connectivity index (χ3v) is 6.82. The summed E-state index contributed by atoms with van der Waals surface area (Å²) in [6.07, 6.45) is 25.7. The molecule has 0 amide bonds. The maximum atomic E-state index is 12.0. The van der Waals surface area contributed by atoms with Crippen molar-refractivity contribution < 1.29 is 14.6 Å². The normalized spacial score (nSPS) is 11.1. The lowest BCUT2D eigenvalue weighted by Gasteiger charge is -2.08. The van der Waals surface area contributed by atoms with Crippen molar-refractivity contribution in [3.8, 4) is 5.75 Å². The van der Waals surface area contributed by atoms with Gasteiger partial charge in [-0.05, 0) is 42.9 Å². The number of aromatic hydroxyl groups is 1. The van der Waals surface area contributed by atoms with Crippen LogP contribution in [0.2, 0.25) is 0 Å². The first kappa shape index (κ1) is 30.5. The van der Waals surface area contributed by atoms with Crippen LogP contribution in [0.5, 0.6) is 5.75 Å². The molecule has 1 aromatic carbocycles. The average Bonchev–Trinajstić information content (AvgIpc) is 2.84.